The van der Waals surface area contributed by atoms with Gasteiger partial charge in [-0.2, -0.15) is 0 Å². The van der Waals surface area contributed by atoms with Gasteiger partial charge < -0.3 is 14.2 Å². The minimum Gasteiger partial charge on any atom is -0.444 e. The third kappa shape index (κ3) is 3.35. The van der Waals surface area contributed by atoms with Crippen molar-refractivity contribution in [2.24, 2.45) is 0 Å². The molecule has 0 saturated heterocycles. The zero-order valence-corrected chi connectivity index (χ0v) is 16.0. The van der Waals surface area contributed by atoms with Crippen molar-refractivity contribution in [1.29, 1.82) is 0 Å². The zero-order chi connectivity index (χ0) is 18.3. The van der Waals surface area contributed by atoms with Gasteiger partial charge in [-0.1, -0.05) is 23.2 Å². The highest BCUT2D eigenvalue weighted by atomic mass is 79.9. The predicted octanol–water partition coefficient (Wildman–Crippen LogP) is 6.41. The van der Waals surface area contributed by atoms with E-state index in [9.17, 15) is 4.79 Å². The second-order valence-corrected chi connectivity index (χ2v) is 7.01. The van der Waals surface area contributed by atoms with Gasteiger partial charge in [0.1, 0.15) is 5.52 Å². The van der Waals surface area contributed by atoms with E-state index in [0.29, 0.717) is 43.0 Å². The maximum absolute atomic E-state index is 12.2. The Kier molecular flexibility index (Phi) is 4.48. The first kappa shape index (κ1) is 17.1. The Morgan fingerprint density at radius 2 is 1.88 bits per heavy atom. The summed E-state index contributed by atoms with van der Waals surface area (Å²) < 4.78 is 11.5. The lowest BCUT2D eigenvalue weighted by Gasteiger charge is -2.02. The molecule has 0 aliphatic heterocycles. The summed E-state index contributed by atoms with van der Waals surface area (Å²) in [7, 11) is 0. The summed E-state index contributed by atoms with van der Waals surface area (Å²) in [6.45, 7) is 0. The van der Waals surface area contributed by atoms with E-state index in [0.717, 1.165) is 0 Å². The van der Waals surface area contributed by atoms with Crippen LogP contribution in [-0.2, 0) is 0 Å². The van der Waals surface area contributed by atoms with Gasteiger partial charge in [0.15, 0.2) is 16.0 Å². The van der Waals surface area contributed by atoms with Crippen molar-refractivity contribution in [1.82, 2.24) is 4.98 Å². The molecule has 1 amide bonds. The van der Waals surface area contributed by atoms with Crippen LogP contribution in [0.15, 0.2) is 62.0 Å². The Morgan fingerprint density at radius 3 is 2.62 bits per heavy atom. The number of rotatable bonds is 3. The molecule has 0 aliphatic rings. The fourth-order valence-electron chi connectivity index (χ4n) is 2.41. The number of benzene rings is 2. The molecule has 0 saturated carbocycles. The van der Waals surface area contributed by atoms with E-state index >= 15 is 0 Å². The summed E-state index contributed by atoms with van der Waals surface area (Å²) in [5.41, 5.74) is 2.37. The molecule has 4 aromatic rings. The van der Waals surface area contributed by atoms with Gasteiger partial charge in [-0.15, -0.1) is 0 Å². The van der Waals surface area contributed by atoms with Crippen LogP contribution in [-0.4, -0.2) is 10.9 Å². The van der Waals surface area contributed by atoms with Crippen molar-refractivity contribution in [3.8, 4) is 11.5 Å². The van der Waals surface area contributed by atoms with Crippen molar-refractivity contribution in [2.75, 3.05) is 5.32 Å². The summed E-state index contributed by atoms with van der Waals surface area (Å²) in [5, 5.41) is 3.73. The number of fused-ring (bicyclic) bond motifs is 1. The lowest BCUT2D eigenvalue weighted by molar-refractivity contribution is 0.0995. The fourth-order valence-corrected chi connectivity index (χ4v) is 3.21. The highest BCUT2D eigenvalue weighted by Gasteiger charge is 2.14. The van der Waals surface area contributed by atoms with E-state index in [2.05, 4.69) is 26.2 Å². The van der Waals surface area contributed by atoms with E-state index in [-0.39, 0.29) is 11.7 Å². The van der Waals surface area contributed by atoms with Crippen molar-refractivity contribution in [2.45, 2.75) is 0 Å². The number of hydrogen-bond acceptors (Lipinski definition) is 4. The molecule has 0 spiro atoms. The molecule has 8 heteroatoms. The van der Waals surface area contributed by atoms with E-state index < -0.39 is 0 Å². The normalized spacial score (nSPS) is 11.0. The lowest BCUT2D eigenvalue weighted by Crippen LogP contribution is -2.10. The van der Waals surface area contributed by atoms with Crippen LogP contribution in [0.4, 0.5) is 5.69 Å². The molecule has 0 bridgehead atoms. The number of anilines is 1. The molecule has 0 aliphatic carbocycles. The fraction of sp³-hybridized carbons (Fsp3) is 0. The van der Waals surface area contributed by atoms with Crippen LogP contribution in [0, 0.1) is 0 Å². The molecular formula is C18H9BrCl2N2O3. The number of furan rings is 1. The molecule has 1 N–H and O–H groups in total. The highest BCUT2D eigenvalue weighted by Crippen LogP contribution is 2.32. The van der Waals surface area contributed by atoms with Gasteiger partial charge in [-0.3, -0.25) is 4.79 Å². The zero-order valence-electron chi connectivity index (χ0n) is 12.9. The topological polar surface area (TPSA) is 68.3 Å². The summed E-state index contributed by atoms with van der Waals surface area (Å²) in [6.07, 6.45) is 0. The lowest BCUT2D eigenvalue weighted by atomic mass is 10.2. The van der Waals surface area contributed by atoms with Gasteiger partial charge in [0, 0.05) is 10.7 Å². The number of carbonyl (C=O) groups excluding carboxylic acids is 1. The minimum atomic E-state index is -0.362. The average Bonchev–Trinajstić information content (AvgIpc) is 3.20. The van der Waals surface area contributed by atoms with Crippen LogP contribution >= 0.6 is 39.1 Å². The molecule has 4 rings (SSSR count). The number of nitrogens with one attached hydrogen (secondary N) is 1. The Morgan fingerprint density at radius 1 is 1.04 bits per heavy atom. The molecule has 0 unspecified atom stereocenters. The quantitative estimate of drug-likeness (QED) is 0.390. The molecule has 26 heavy (non-hydrogen) atoms. The van der Waals surface area contributed by atoms with Crippen molar-refractivity contribution in [3.05, 3.63) is 69.0 Å². The van der Waals surface area contributed by atoms with Gasteiger partial charge in [0.05, 0.1) is 10.6 Å². The molecule has 2 aromatic carbocycles. The largest absolute Gasteiger partial charge is 0.444 e. The summed E-state index contributed by atoms with van der Waals surface area (Å²) >= 11 is 15.3. The van der Waals surface area contributed by atoms with Gasteiger partial charge in [0.2, 0.25) is 5.89 Å². The van der Waals surface area contributed by atoms with Gasteiger partial charge >= 0.3 is 0 Å². The maximum atomic E-state index is 12.2. The number of hydrogen-bond donors (Lipinski definition) is 1. The highest BCUT2D eigenvalue weighted by molar-refractivity contribution is 9.10. The summed E-state index contributed by atoms with van der Waals surface area (Å²) in [5.74, 6) is 0.213. The standard InChI is InChI=1S/C18H9BrCl2N2O3/c19-16-6-5-15(25-16)17(24)22-10-2-4-14-13(8-10)23-18(26-14)11-3-1-9(20)7-12(11)21/h1-8H,(H,22,24). The molecular weight excluding hydrogens is 443 g/mol. The van der Waals surface area contributed by atoms with Crippen molar-refractivity contribution >= 4 is 61.8 Å². The first-order valence-electron chi connectivity index (χ1n) is 7.42. The number of halogens is 3. The summed E-state index contributed by atoms with van der Waals surface area (Å²) in [4.78, 5) is 16.6. The number of aromatic nitrogens is 1. The third-order valence-electron chi connectivity index (χ3n) is 3.60. The Labute approximate surface area is 166 Å². The number of nitrogens with zero attached hydrogens (tertiary/aromatic N) is 1. The third-order valence-corrected chi connectivity index (χ3v) is 4.58. The molecule has 2 aromatic heterocycles. The Bertz CT molecular complexity index is 1140. The van der Waals surface area contributed by atoms with Crippen LogP contribution < -0.4 is 5.32 Å². The van der Waals surface area contributed by atoms with Crippen LogP contribution in [0.3, 0.4) is 0 Å². The minimum absolute atomic E-state index is 0.200. The second kappa shape index (κ2) is 6.79. The number of oxazole rings is 1. The van der Waals surface area contributed by atoms with Crippen LogP contribution in [0.5, 0.6) is 0 Å². The number of carbonyl (C=O) groups is 1. The monoisotopic (exact) mass is 450 g/mol. The van der Waals surface area contributed by atoms with Crippen LogP contribution in [0.25, 0.3) is 22.6 Å². The Hall–Kier alpha value is -2.28. The molecule has 2 heterocycles. The molecule has 0 fully saturated rings. The average molecular weight is 452 g/mol. The van der Waals surface area contributed by atoms with Crippen molar-refractivity contribution in [3.63, 3.8) is 0 Å². The van der Waals surface area contributed by atoms with Crippen LogP contribution in [0.2, 0.25) is 10.0 Å². The van der Waals surface area contributed by atoms with Crippen LogP contribution in [0.1, 0.15) is 10.6 Å². The summed E-state index contributed by atoms with van der Waals surface area (Å²) in [6, 6.07) is 13.5. The second-order valence-electron chi connectivity index (χ2n) is 5.38. The molecule has 5 nitrogen and oxygen atoms in total. The maximum Gasteiger partial charge on any atom is 0.291 e. The Balaban J connectivity index is 1.64. The van der Waals surface area contributed by atoms with E-state index in [1.807, 2.05) is 0 Å². The SMILES string of the molecule is O=C(Nc1ccc2oc(-c3ccc(Cl)cc3Cl)nc2c1)c1ccc(Br)o1. The van der Waals surface area contributed by atoms with Gasteiger partial charge in [-0.25, -0.2) is 4.98 Å². The molecule has 0 radical (unpaired) electrons. The van der Waals surface area contributed by atoms with E-state index in [4.69, 9.17) is 32.0 Å². The van der Waals surface area contributed by atoms with E-state index in [1.165, 1.54) is 0 Å². The number of amides is 1. The first-order chi connectivity index (χ1) is 12.5. The van der Waals surface area contributed by atoms with Gasteiger partial charge in [-0.05, 0) is 64.5 Å². The van der Waals surface area contributed by atoms with E-state index in [1.54, 1.807) is 48.5 Å². The molecule has 130 valence electrons. The molecule has 0 atom stereocenters. The smallest absolute Gasteiger partial charge is 0.291 e. The van der Waals surface area contributed by atoms with Crippen molar-refractivity contribution < 1.29 is 13.6 Å². The first-order valence-corrected chi connectivity index (χ1v) is 8.97. The predicted molar refractivity (Wildman–Crippen MR) is 104 cm³/mol. The van der Waals surface area contributed by atoms with Gasteiger partial charge in [0.25, 0.3) is 5.91 Å².